The minimum atomic E-state index is -0.0793. The van der Waals surface area contributed by atoms with Gasteiger partial charge in [0.05, 0.1) is 0 Å². The molecule has 1 heterocycles. The number of hydrogen-bond acceptors (Lipinski definition) is 3. The molecular weight excluding hydrogens is 138 g/mol. The Morgan fingerprint density at radius 1 is 1.55 bits per heavy atom. The third-order valence-electron chi connectivity index (χ3n) is 1.94. The smallest absolute Gasteiger partial charge is 0.0226 e. The van der Waals surface area contributed by atoms with E-state index >= 15 is 0 Å². The van der Waals surface area contributed by atoms with Crippen molar-refractivity contribution in [2.24, 2.45) is 11.5 Å². The summed E-state index contributed by atoms with van der Waals surface area (Å²) in [6.07, 6.45) is 1.12. The molecule has 11 heavy (non-hydrogen) atoms. The molecule has 0 spiro atoms. The van der Waals surface area contributed by atoms with Crippen LogP contribution in [0.5, 0.6) is 0 Å². The van der Waals surface area contributed by atoms with Gasteiger partial charge in [0.15, 0.2) is 0 Å². The number of nitrogens with two attached hydrogens (primary N) is 2. The normalized spacial score (nSPS) is 27.8. The van der Waals surface area contributed by atoms with E-state index in [2.05, 4.69) is 18.7 Å². The van der Waals surface area contributed by atoms with E-state index in [4.69, 9.17) is 11.5 Å². The first-order valence-electron chi connectivity index (χ1n) is 4.24. The van der Waals surface area contributed by atoms with Crippen LogP contribution < -0.4 is 11.5 Å². The second-order valence-corrected chi connectivity index (χ2v) is 4.27. The monoisotopic (exact) mass is 157 g/mol. The molecule has 1 saturated heterocycles. The van der Waals surface area contributed by atoms with Crippen LogP contribution in [-0.4, -0.2) is 36.1 Å². The van der Waals surface area contributed by atoms with Gasteiger partial charge in [-0.25, -0.2) is 0 Å². The van der Waals surface area contributed by atoms with Crippen molar-refractivity contribution in [2.75, 3.05) is 19.6 Å². The zero-order valence-corrected chi connectivity index (χ0v) is 7.51. The van der Waals surface area contributed by atoms with Crippen molar-refractivity contribution in [1.29, 1.82) is 0 Å². The summed E-state index contributed by atoms with van der Waals surface area (Å²) < 4.78 is 0. The van der Waals surface area contributed by atoms with Crippen LogP contribution in [0.15, 0.2) is 0 Å². The van der Waals surface area contributed by atoms with E-state index in [-0.39, 0.29) is 5.54 Å². The van der Waals surface area contributed by atoms with Crippen molar-refractivity contribution >= 4 is 0 Å². The van der Waals surface area contributed by atoms with Crippen molar-refractivity contribution < 1.29 is 0 Å². The Bertz CT molecular complexity index is 128. The maximum absolute atomic E-state index is 5.88. The van der Waals surface area contributed by atoms with Gasteiger partial charge in [-0.15, -0.1) is 0 Å². The third-order valence-corrected chi connectivity index (χ3v) is 1.94. The Labute approximate surface area is 68.7 Å². The fourth-order valence-electron chi connectivity index (χ4n) is 1.58. The molecule has 1 unspecified atom stereocenters. The lowest BCUT2D eigenvalue weighted by Crippen LogP contribution is -2.45. The van der Waals surface area contributed by atoms with Gasteiger partial charge >= 0.3 is 0 Å². The third kappa shape index (κ3) is 3.18. The fourth-order valence-corrected chi connectivity index (χ4v) is 1.58. The Morgan fingerprint density at radius 2 is 2.18 bits per heavy atom. The van der Waals surface area contributed by atoms with E-state index < -0.39 is 0 Å². The van der Waals surface area contributed by atoms with E-state index in [1.54, 1.807) is 0 Å². The van der Waals surface area contributed by atoms with Gasteiger partial charge in [0.1, 0.15) is 0 Å². The highest BCUT2D eigenvalue weighted by Gasteiger charge is 2.23. The molecule has 3 heteroatoms. The summed E-state index contributed by atoms with van der Waals surface area (Å²) in [5.41, 5.74) is 11.6. The Kier molecular flexibility index (Phi) is 2.52. The molecule has 0 saturated carbocycles. The zero-order chi connectivity index (χ0) is 8.48. The van der Waals surface area contributed by atoms with E-state index in [1.807, 2.05) is 0 Å². The minimum Gasteiger partial charge on any atom is -0.326 e. The summed E-state index contributed by atoms with van der Waals surface area (Å²) >= 11 is 0. The second-order valence-electron chi connectivity index (χ2n) is 4.27. The first-order valence-corrected chi connectivity index (χ1v) is 4.24. The maximum atomic E-state index is 5.88. The molecule has 66 valence electrons. The highest BCUT2D eigenvalue weighted by molar-refractivity contribution is 4.84. The molecule has 1 rings (SSSR count). The van der Waals surface area contributed by atoms with E-state index in [0.29, 0.717) is 6.04 Å². The summed E-state index contributed by atoms with van der Waals surface area (Å²) in [6, 6.07) is 0.373. The topological polar surface area (TPSA) is 55.3 Å². The second kappa shape index (κ2) is 3.09. The van der Waals surface area contributed by atoms with Crippen LogP contribution in [0.1, 0.15) is 20.3 Å². The number of likely N-dealkylation sites (tertiary alicyclic amines) is 1. The van der Waals surface area contributed by atoms with Crippen LogP contribution >= 0.6 is 0 Å². The Hall–Kier alpha value is -0.120. The molecule has 3 nitrogen and oxygen atoms in total. The molecule has 0 radical (unpaired) electrons. The van der Waals surface area contributed by atoms with Crippen molar-refractivity contribution in [3.63, 3.8) is 0 Å². The van der Waals surface area contributed by atoms with Gasteiger partial charge in [-0.2, -0.15) is 0 Å². The Balaban J connectivity index is 2.29. The lowest BCUT2D eigenvalue weighted by Gasteiger charge is -2.25. The van der Waals surface area contributed by atoms with Gasteiger partial charge < -0.3 is 11.5 Å². The summed E-state index contributed by atoms with van der Waals surface area (Å²) in [4.78, 5) is 2.34. The average Bonchev–Trinajstić information content (AvgIpc) is 2.10. The number of nitrogens with zero attached hydrogens (tertiary/aromatic N) is 1. The lowest BCUT2D eigenvalue weighted by molar-refractivity contribution is 0.269. The summed E-state index contributed by atoms with van der Waals surface area (Å²) in [6.45, 7) is 7.19. The Morgan fingerprint density at radius 3 is 2.55 bits per heavy atom. The molecule has 0 aromatic heterocycles. The van der Waals surface area contributed by atoms with Crippen molar-refractivity contribution in [1.82, 2.24) is 4.90 Å². The average molecular weight is 157 g/mol. The molecular formula is C8H19N3. The first-order chi connectivity index (χ1) is 4.97. The molecule has 1 aliphatic heterocycles. The van der Waals surface area contributed by atoms with Crippen molar-refractivity contribution in [3.05, 3.63) is 0 Å². The van der Waals surface area contributed by atoms with E-state index in [1.165, 1.54) is 0 Å². The van der Waals surface area contributed by atoms with E-state index in [9.17, 15) is 0 Å². The zero-order valence-electron chi connectivity index (χ0n) is 7.51. The van der Waals surface area contributed by atoms with Gasteiger partial charge in [-0.3, -0.25) is 4.90 Å². The standard InChI is InChI=1S/C8H19N3/c1-8(2,10)6-11-4-3-7(9)5-11/h7H,3-6,9-10H2,1-2H3. The van der Waals surface area contributed by atoms with Crippen LogP contribution in [0.25, 0.3) is 0 Å². The van der Waals surface area contributed by atoms with Crippen molar-refractivity contribution in [3.8, 4) is 0 Å². The molecule has 4 N–H and O–H groups in total. The molecule has 0 aromatic rings. The fraction of sp³-hybridized carbons (Fsp3) is 1.00. The highest BCUT2D eigenvalue weighted by Crippen LogP contribution is 2.10. The molecule has 0 amide bonds. The molecule has 1 aliphatic rings. The van der Waals surface area contributed by atoms with Crippen LogP contribution in [0.3, 0.4) is 0 Å². The van der Waals surface area contributed by atoms with Gasteiger partial charge in [-0.05, 0) is 26.8 Å². The van der Waals surface area contributed by atoms with Gasteiger partial charge in [0.25, 0.3) is 0 Å². The lowest BCUT2D eigenvalue weighted by atomic mass is 10.1. The van der Waals surface area contributed by atoms with Gasteiger partial charge in [0.2, 0.25) is 0 Å². The number of hydrogen-bond donors (Lipinski definition) is 2. The summed E-state index contributed by atoms with van der Waals surface area (Å²) in [5.74, 6) is 0. The molecule has 0 aromatic carbocycles. The van der Waals surface area contributed by atoms with Gasteiger partial charge in [0, 0.05) is 24.7 Å². The minimum absolute atomic E-state index is 0.0793. The molecule has 0 aliphatic carbocycles. The maximum Gasteiger partial charge on any atom is 0.0226 e. The van der Waals surface area contributed by atoms with Crippen LogP contribution in [0.2, 0.25) is 0 Å². The van der Waals surface area contributed by atoms with Crippen LogP contribution in [0.4, 0.5) is 0 Å². The van der Waals surface area contributed by atoms with E-state index in [0.717, 1.165) is 26.1 Å². The molecule has 1 atom stereocenters. The summed E-state index contributed by atoms with van der Waals surface area (Å²) in [5, 5.41) is 0. The molecule has 0 bridgehead atoms. The highest BCUT2D eigenvalue weighted by atomic mass is 15.2. The van der Waals surface area contributed by atoms with Crippen LogP contribution in [0, 0.1) is 0 Å². The summed E-state index contributed by atoms with van der Waals surface area (Å²) in [7, 11) is 0. The largest absolute Gasteiger partial charge is 0.326 e. The van der Waals surface area contributed by atoms with Gasteiger partial charge in [-0.1, -0.05) is 0 Å². The first kappa shape index (κ1) is 8.97. The number of rotatable bonds is 2. The van der Waals surface area contributed by atoms with Crippen LogP contribution in [-0.2, 0) is 0 Å². The predicted octanol–water partition coefficient (Wildman–Crippen LogP) is -0.243. The SMILES string of the molecule is CC(C)(N)CN1CCC(N)C1. The predicted molar refractivity (Wildman–Crippen MR) is 47.3 cm³/mol. The molecule has 1 fully saturated rings. The quantitative estimate of drug-likeness (QED) is 0.581. The van der Waals surface area contributed by atoms with Crippen molar-refractivity contribution in [2.45, 2.75) is 31.8 Å².